The Balaban J connectivity index is 1.56. The van der Waals surface area contributed by atoms with Gasteiger partial charge in [0.05, 0.1) is 10.9 Å². The van der Waals surface area contributed by atoms with Crippen molar-refractivity contribution < 1.29 is 9.18 Å². The van der Waals surface area contributed by atoms with Gasteiger partial charge in [0.2, 0.25) is 5.91 Å². The number of carbonyl (C=O) groups excluding carboxylic acids is 1. The zero-order chi connectivity index (χ0) is 17.8. The van der Waals surface area contributed by atoms with Gasteiger partial charge < -0.3 is 9.80 Å². The summed E-state index contributed by atoms with van der Waals surface area (Å²) in [6.07, 6.45) is 0. The van der Waals surface area contributed by atoms with Gasteiger partial charge in [-0.1, -0.05) is 29.8 Å². The van der Waals surface area contributed by atoms with E-state index in [1.807, 2.05) is 22.8 Å². The van der Waals surface area contributed by atoms with E-state index in [0.29, 0.717) is 31.9 Å². The zero-order valence-corrected chi connectivity index (χ0v) is 15.4. The Kier molecular flexibility index (Phi) is 5.63. The third-order valence-corrected chi connectivity index (χ3v) is 5.57. The van der Waals surface area contributed by atoms with Crippen LogP contribution in [0, 0.1) is 12.7 Å². The van der Waals surface area contributed by atoms with E-state index in [4.69, 9.17) is 0 Å². The second kappa shape index (κ2) is 7.91. The predicted molar refractivity (Wildman–Crippen MR) is 102 cm³/mol. The molecule has 0 radical (unpaired) electrons. The maximum Gasteiger partial charge on any atom is 0.235 e. The largest absolute Gasteiger partial charge is 0.366 e. The first-order valence-electron chi connectivity index (χ1n) is 8.56. The molecule has 2 aromatic rings. The van der Waals surface area contributed by atoms with Crippen LogP contribution < -0.4 is 4.90 Å². The lowest BCUT2D eigenvalue weighted by Crippen LogP contribution is -2.50. The van der Waals surface area contributed by atoms with Gasteiger partial charge in [0.15, 0.2) is 0 Å². The van der Waals surface area contributed by atoms with Crippen molar-refractivity contribution in [3.05, 3.63) is 59.9 Å². The van der Waals surface area contributed by atoms with Gasteiger partial charge in [-0.25, -0.2) is 4.39 Å². The van der Waals surface area contributed by atoms with Gasteiger partial charge in [-0.3, -0.25) is 4.79 Å². The SMILES string of the molecule is Cc1ccc(SC(C)C(=O)N2CCN(c3ccccc3F)CC2)cc1. The Morgan fingerprint density at radius 2 is 1.68 bits per heavy atom. The lowest BCUT2D eigenvalue weighted by Gasteiger charge is -2.37. The van der Waals surface area contributed by atoms with Gasteiger partial charge in [0.25, 0.3) is 0 Å². The van der Waals surface area contributed by atoms with Crippen molar-refractivity contribution in [1.82, 2.24) is 4.90 Å². The Labute approximate surface area is 152 Å². The summed E-state index contributed by atoms with van der Waals surface area (Å²) in [7, 11) is 0. The maximum atomic E-state index is 13.9. The second-order valence-electron chi connectivity index (χ2n) is 6.34. The number of halogens is 1. The average molecular weight is 358 g/mol. The molecule has 3 nitrogen and oxygen atoms in total. The average Bonchev–Trinajstić information content (AvgIpc) is 2.63. The third-order valence-electron chi connectivity index (χ3n) is 4.47. The molecular weight excluding hydrogens is 335 g/mol. The highest BCUT2D eigenvalue weighted by Crippen LogP contribution is 2.26. The summed E-state index contributed by atoms with van der Waals surface area (Å²) in [5, 5.41) is -0.122. The highest BCUT2D eigenvalue weighted by atomic mass is 32.2. The van der Waals surface area contributed by atoms with E-state index in [2.05, 4.69) is 31.2 Å². The Bertz CT molecular complexity index is 727. The lowest BCUT2D eigenvalue weighted by molar-refractivity contribution is -0.130. The normalized spacial score (nSPS) is 16.0. The fraction of sp³-hybridized carbons (Fsp3) is 0.350. The molecule has 0 aliphatic carbocycles. The molecule has 1 unspecified atom stereocenters. The molecule has 3 rings (SSSR count). The highest BCUT2D eigenvalue weighted by molar-refractivity contribution is 8.00. The molecule has 1 saturated heterocycles. The van der Waals surface area contributed by atoms with Gasteiger partial charge in [-0.2, -0.15) is 0 Å². The molecule has 25 heavy (non-hydrogen) atoms. The molecule has 0 saturated carbocycles. The van der Waals surface area contributed by atoms with Gasteiger partial charge >= 0.3 is 0 Å². The monoisotopic (exact) mass is 358 g/mol. The van der Waals surface area contributed by atoms with Crippen molar-refractivity contribution in [3.63, 3.8) is 0 Å². The number of hydrogen-bond donors (Lipinski definition) is 0. The number of amides is 1. The molecule has 0 N–H and O–H groups in total. The van der Waals surface area contributed by atoms with Crippen LogP contribution in [0.4, 0.5) is 10.1 Å². The Morgan fingerprint density at radius 3 is 2.32 bits per heavy atom. The number of benzene rings is 2. The van der Waals surface area contributed by atoms with Crippen LogP contribution in [-0.4, -0.2) is 42.2 Å². The van der Waals surface area contributed by atoms with E-state index in [1.165, 1.54) is 11.6 Å². The molecule has 132 valence electrons. The summed E-state index contributed by atoms with van der Waals surface area (Å²) in [4.78, 5) is 17.7. The molecule has 1 aliphatic heterocycles. The summed E-state index contributed by atoms with van der Waals surface area (Å²) in [5.41, 5.74) is 1.84. The number of para-hydroxylation sites is 1. The van der Waals surface area contributed by atoms with Gasteiger partial charge in [-0.05, 0) is 38.1 Å². The van der Waals surface area contributed by atoms with Crippen LogP contribution in [0.5, 0.6) is 0 Å². The summed E-state index contributed by atoms with van der Waals surface area (Å²) in [6, 6.07) is 15.0. The molecule has 0 bridgehead atoms. The predicted octanol–water partition coefficient (Wildman–Crippen LogP) is 3.96. The van der Waals surface area contributed by atoms with Crippen LogP contribution in [0.25, 0.3) is 0 Å². The molecule has 1 fully saturated rings. The van der Waals surface area contributed by atoms with E-state index < -0.39 is 0 Å². The van der Waals surface area contributed by atoms with Crippen LogP contribution >= 0.6 is 11.8 Å². The molecule has 2 aromatic carbocycles. The minimum absolute atomic E-state index is 0.122. The first-order chi connectivity index (χ1) is 12.0. The van der Waals surface area contributed by atoms with Gasteiger partial charge in [0, 0.05) is 31.1 Å². The lowest BCUT2D eigenvalue weighted by atomic mass is 10.2. The van der Waals surface area contributed by atoms with Crippen molar-refractivity contribution in [1.29, 1.82) is 0 Å². The van der Waals surface area contributed by atoms with Crippen molar-refractivity contribution in [2.75, 3.05) is 31.1 Å². The first-order valence-corrected chi connectivity index (χ1v) is 9.44. The van der Waals surface area contributed by atoms with Gasteiger partial charge in [0.1, 0.15) is 5.82 Å². The van der Waals surface area contributed by atoms with E-state index in [0.717, 1.165) is 4.90 Å². The highest BCUT2D eigenvalue weighted by Gasteiger charge is 2.26. The number of aryl methyl sites for hydroxylation is 1. The molecule has 0 aromatic heterocycles. The fourth-order valence-electron chi connectivity index (χ4n) is 3.00. The van der Waals surface area contributed by atoms with E-state index in [1.54, 1.807) is 23.9 Å². The van der Waals surface area contributed by atoms with Crippen LogP contribution in [0.1, 0.15) is 12.5 Å². The van der Waals surface area contributed by atoms with Crippen molar-refractivity contribution >= 4 is 23.4 Å². The summed E-state index contributed by atoms with van der Waals surface area (Å²) >= 11 is 1.59. The minimum atomic E-state index is -0.203. The quantitative estimate of drug-likeness (QED) is 0.773. The van der Waals surface area contributed by atoms with Crippen LogP contribution in [0.2, 0.25) is 0 Å². The standard InChI is InChI=1S/C20H23FN2OS/c1-15-7-9-17(10-8-15)25-16(2)20(24)23-13-11-22(12-14-23)19-6-4-3-5-18(19)21/h3-10,16H,11-14H2,1-2H3. The molecule has 1 aliphatic rings. The zero-order valence-electron chi connectivity index (χ0n) is 14.6. The Hall–Kier alpha value is -2.01. The summed E-state index contributed by atoms with van der Waals surface area (Å²) in [5.74, 6) is -0.0515. The Morgan fingerprint density at radius 1 is 1.04 bits per heavy atom. The third kappa shape index (κ3) is 4.34. The smallest absolute Gasteiger partial charge is 0.235 e. The molecule has 1 amide bonds. The van der Waals surface area contributed by atoms with Crippen LogP contribution in [-0.2, 0) is 4.79 Å². The van der Waals surface area contributed by atoms with Crippen LogP contribution in [0.15, 0.2) is 53.4 Å². The molecule has 5 heteroatoms. The molecule has 1 atom stereocenters. The maximum absolute atomic E-state index is 13.9. The number of thioether (sulfide) groups is 1. The van der Waals surface area contributed by atoms with E-state index in [-0.39, 0.29) is 17.0 Å². The topological polar surface area (TPSA) is 23.6 Å². The first kappa shape index (κ1) is 17.8. The van der Waals surface area contributed by atoms with E-state index in [9.17, 15) is 9.18 Å². The number of hydrogen-bond acceptors (Lipinski definition) is 3. The summed E-state index contributed by atoms with van der Waals surface area (Å²) in [6.45, 7) is 6.59. The number of nitrogens with zero attached hydrogens (tertiary/aromatic N) is 2. The van der Waals surface area contributed by atoms with E-state index >= 15 is 0 Å². The number of carbonyl (C=O) groups is 1. The van der Waals surface area contributed by atoms with Crippen LogP contribution in [0.3, 0.4) is 0 Å². The molecule has 0 spiro atoms. The molecular formula is C20H23FN2OS. The molecule has 1 heterocycles. The van der Waals surface area contributed by atoms with Crippen molar-refractivity contribution in [3.8, 4) is 0 Å². The fourth-order valence-corrected chi connectivity index (χ4v) is 3.96. The van der Waals surface area contributed by atoms with Crippen molar-refractivity contribution in [2.24, 2.45) is 0 Å². The van der Waals surface area contributed by atoms with Crippen molar-refractivity contribution in [2.45, 2.75) is 24.0 Å². The number of rotatable bonds is 4. The second-order valence-corrected chi connectivity index (χ2v) is 7.75. The number of piperazine rings is 1. The summed E-state index contributed by atoms with van der Waals surface area (Å²) < 4.78 is 13.9. The minimum Gasteiger partial charge on any atom is -0.366 e. The van der Waals surface area contributed by atoms with Gasteiger partial charge in [-0.15, -0.1) is 11.8 Å². The number of anilines is 1.